The minimum absolute atomic E-state index is 0.894. The minimum atomic E-state index is 0.894. The molecule has 4 rings (SSSR count). The molecule has 78 valence electrons. The Bertz CT molecular complexity index is 318. The van der Waals surface area contributed by atoms with E-state index in [2.05, 4.69) is 27.7 Å². The fourth-order valence-electron chi connectivity index (χ4n) is 7.07. The molecule has 0 saturated heterocycles. The third kappa shape index (κ3) is 0.417. The van der Waals surface area contributed by atoms with Gasteiger partial charge >= 0.3 is 0 Å². The Morgan fingerprint density at radius 2 is 1.93 bits per heavy atom. The second-order valence-corrected chi connectivity index (χ2v) is 6.98. The smallest absolute Gasteiger partial charge is 0.0142 e. The first-order valence-corrected chi connectivity index (χ1v) is 6.60. The van der Waals surface area contributed by atoms with Crippen molar-refractivity contribution in [2.75, 3.05) is 0 Å². The van der Waals surface area contributed by atoms with Crippen molar-refractivity contribution >= 4 is 0 Å². The molecule has 4 aliphatic carbocycles. The Labute approximate surface area is 87.5 Å². The molecule has 0 aromatic heterocycles. The molecule has 4 aliphatic rings. The predicted molar refractivity (Wildman–Crippen MR) is 57.7 cm³/mol. The SMILES string of the molecule is CC(C)C1C(C)C23C1C1CCC12C3C. The van der Waals surface area contributed by atoms with Gasteiger partial charge in [-0.1, -0.05) is 27.7 Å². The van der Waals surface area contributed by atoms with E-state index in [0.29, 0.717) is 0 Å². The third-order valence-corrected chi connectivity index (χ3v) is 7.24. The molecule has 14 heavy (non-hydrogen) atoms. The summed E-state index contributed by atoms with van der Waals surface area (Å²) < 4.78 is 0. The second kappa shape index (κ2) is 1.83. The van der Waals surface area contributed by atoms with Gasteiger partial charge in [0.25, 0.3) is 0 Å². The zero-order chi connectivity index (χ0) is 9.88. The van der Waals surface area contributed by atoms with Crippen molar-refractivity contribution in [3.63, 3.8) is 0 Å². The summed E-state index contributed by atoms with van der Waals surface area (Å²) in [6.07, 6.45) is 3.16. The van der Waals surface area contributed by atoms with E-state index in [0.717, 1.165) is 34.5 Å². The van der Waals surface area contributed by atoms with Gasteiger partial charge in [-0.25, -0.2) is 0 Å². The summed E-state index contributed by atoms with van der Waals surface area (Å²) in [4.78, 5) is 0. The van der Waals surface area contributed by atoms with E-state index in [4.69, 9.17) is 0 Å². The molecular weight excluding hydrogens is 168 g/mol. The summed E-state index contributed by atoms with van der Waals surface area (Å²) in [7, 11) is 0. The Morgan fingerprint density at radius 1 is 1.21 bits per heavy atom. The van der Waals surface area contributed by atoms with Crippen molar-refractivity contribution < 1.29 is 0 Å². The molecule has 7 unspecified atom stereocenters. The molecule has 0 heteroatoms. The molecule has 0 heterocycles. The van der Waals surface area contributed by atoms with Crippen LogP contribution in [0.5, 0.6) is 0 Å². The van der Waals surface area contributed by atoms with Crippen LogP contribution in [0.25, 0.3) is 0 Å². The van der Waals surface area contributed by atoms with Gasteiger partial charge in [-0.05, 0) is 59.2 Å². The highest BCUT2D eigenvalue weighted by atomic mass is 15.0. The molecular formula is C14H22. The fraction of sp³-hybridized carbons (Fsp3) is 1.00. The first-order valence-electron chi connectivity index (χ1n) is 6.60. The highest BCUT2D eigenvalue weighted by Gasteiger charge is 2.98. The van der Waals surface area contributed by atoms with Gasteiger partial charge in [-0.15, -0.1) is 0 Å². The van der Waals surface area contributed by atoms with Gasteiger partial charge in [0.15, 0.2) is 0 Å². The average Bonchev–Trinajstić information content (AvgIpc) is 2.66. The molecule has 0 bridgehead atoms. The van der Waals surface area contributed by atoms with E-state index >= 15 is 0 Å². The van der Waals surface area contributed by atoms with E-state index in [9.17, 15) is 0 Å². The normalized spacial score (nSPS) is 72.2. The number of fused-ring (bicyclic) bond motifs is 1. The second-order valence-electron chi connectivity index (χ2n) is 6.98. The molecule has 4 fully saturated rings. The van der Waals surface area contributed by atoms with E-state index in [1.54, 1.807) is 12.8 Å². The lowest BCUT2D eigenvalue weighted by molar-refractivity contribution is -0.256. The minimum Gasteiger partial charge on any atom is -0.0625 e. The molecule has 0 radical (unpaired) electrons. The molecule has 0 aromatic carbocycles. The van der Waals surface area contributed by atoms with Crippen LogP contribution in [0, 0.1) is 46.3 Å². The van der Waals surface area contributed by atoms with Gasteiger partial charge in [-0.3, -0.25) is 0 Å². The molecule has 0 N–H and O–H groups in total. The van der Waals surface area contributed by atoms with Gasteiger partial charge in [0.1, 0.15) is 0 Å². The van der Waals surface area contributed by atoms with Crippen LogP contribution in [0.2, 0.25) is 0 Å². The third-order valence-electron chi connectivity index (χ3n) is 7.24. The molecule has 0 aromatic rings. The van der Waals surface area contributed by atoms with Crippen molar-refractivity contribution in [3.05, 3.63) is 0 Å². The Balaban J connectivity index is 1.72. The van der Waals surface area contributed by atoms with Gasteiger partial charge in [0.05, 0.1) is 0 Å². The Hall–Kier alpha value is 0. The first kappa shape index (κ1) is 8.19. The average molecular weight is 190 g/mol. The van der Waals surface area contributed by atoms with Gasteiger partial charge < -0.3 is 0 Å². The van der Waals surface area contributed by atoms with Crippen molar-refractivity contribution in [3.8, 4) is 0 Å². The number of hydrogen-bond donors (Lipinski definition) is 0. The van der Waals surface area contributed by atoms with E-state index in [1.807, 2.05) is 0 Å². The van der Waals surface area contributed by atoms with Gasteiger partial charge in [0.2, 0.25) is 0 Å². The van der Waals surface area contributed by atoms with Crippen molar-refractivity contribution in [2.45, 2.75) is 40.5 Å². The Morgan fingerprint density at radius 3 is 2.36 bits per heavy atom. The maximum Gasteiger partial charge on any atom is -0.0142 e. The van der Waals surface area contributed by atoms with E-state index < -0.39 is 0 Å². The van der Waals surface area contributed by atoms with E-state index in [-0.39, 0.29) is 0 Å². The van der Waals surface area contributed by atoms with Crippen molar-refractivity contribution in [2.24, 2.45) is 46.3 Å². The zero-order valence-electron chi connectivity index (χ0n) is 9.88. The largest absolute Gasteiger partial charge is 0.0625 e. The van der Waals surface area contributed by atoms with Crippen LogP contribution in [0.1, 0.15) is 40.5 Å². The highest BCUT2D eigenvalue weighted by Crippen LogP contribution is 3.02. The Kier molecular flexibility index (Phi) is 1.07. The summed E-state index contributed by atoms with van der Waals surface area (Å²) in [6, 6.07) is 0. The van der Waals surface area contributed by atoms with E-state index in [1.165, 1.54) is 11.8 Å². The van der Waals surface area contributed by atoms with Crippen LogP contribution >= 0.6 is 0 Å². The standard InChI is InChI=1S/C14H22/c1-7(2)11-8(3)14-9(4)13(14)6-5-10(13)12(11)14/h7-12H,5-6H2,1-4H3. The van der Waals surface area contributed by atoms with Crippen LogP contribution in [-0.4, -0.2) is 0 Å². The van der Waals surface area contributed by atoms with Crippen LogP contribution in [0.4, 0.5) is 0 Å². The van der Waals surface area contributed by atoms with Crippen molar-refractivity contribution in [1.82, 2.24) is 0 Å². The predicted octanol–water partition coefficient (Wildman–Crippen LogP) is 3.57. The molecule has 0 amide bonds. The monoisotopic (exact) mass is 190 g/mol. The topological polar surface area (TPSA) is 0 Å². The van der Waals surface area contributed by atoms with Gasteiger partial charge in [0, 0.05) is 0 Å². The maximum absolute atomic E-state index is 2.56. The number of rotatable bonds is 1. The van der Waals surface area contributed by atoms with Crippen LogP contribution in [0.15, 0.2) is 0 Å². The lowest BCUT2D eigenvalue weighted by Crippen LogP contribution is -2.68. The molecule has 2 spiro atoms. The van der Waals surface area contributed by atoms with Crippen molar-refractivity contribution in [1.29, 1.82) is 0 Å². The molecule has 7 atom stereocenters. The molecule has 4 saturated carbocycles. The molecule has 0 nitrogen and oxygen atoms in total. The zero-order valence-corrected chi connectivity index (χ0v) is 9.88. The molecule has 0 aliphatic heterocycles. The summed E-state index contributed by atoms with van der Waals surface area (Å²) in [5, 5.41) is 0. The quantitative estimate of drug-likeness (QED) is 0.593. The van der Waals surface area contributed by atoms with Gasteiger partial charge in [-0.2, -0.15) is 0 Å². The highest BCUT2D eigenvalue weighted by molar-refractivity contribution is 5.44. The summed E-state index contributed by atoms with van der Waals surface area (Å²) >= 11 is 0. The van der Waals surface area contributed by atoms with Crippen LogP contribution in [-0.2, 0) is 0 Å². The summed E-state index contributed by atoms with van der Waals surface area (Å²) in [5.41, 5.74) is 1.81. The lowest BCUT2D eigenvalue weighted by Gasteiger charge is -2.73. The maximum atomic E-state index is 2.56. The van der Waals surface area contributed by atoms with Crippen LogP contribution in [0.3, 0.4) is 0 Å². The summed E-state index contributed by atoms with van der Waals surface area (Å²) in [6.45, 7) is 10.00. The van der Waals surface area contributed by atoms with Crippen LogP contribution < -0.4 is 0 Å². The summed E-state index contributed by atoms with van der Waals surface area (Å²) in [5.74, 6) is 6.52. The first-order chi connectivity index (χ1) is 6.60. The number of hydrogen-bond acceptors (Lipinski definition) is 0. The fourth-order valence-corrected chi connectivity index (χ4v) is 7.07. The lowest BCUT2D eigenvalue weighted by atomic mass is 9.31.